The van der Waals surface area contributed by atoms with E-state index in [4.69, 9.17) is 0 Å². The Hall–Kier alpha value is -1.88. The Bertz CT molecular complexity index is 612. The number of ether oxygens (including phenoxy) is 1. The second-order valence-electron chi connectivity index (χ2n) is 4.40. The maximum absolute atomic E-state index is 11.2. The summed E-state index contributed by atoms with van der Waals surface area (Å²) < 4.78 is 4.63. The van der Waals surface area contributed by atoms with Gasteiger partial charge >= 0.3 is 5.97 Å². The number of esters is 1. The van der Waals surface area contributed by atoms with E-state index in [1.165, 1.54) is 24.4 Å². The molecule has 0 fully saturated rings. The van der Waals surface area contributed by atoms with E-state index in [-0.39, 0.29) is 11.7 Å². The van der Waals surface area contributed by atoms with E-state index in [0.717, 1.165) is 16.3 Å². The lowest BCUT2D eigenvalue weighted by Crippen LogP contribution is -2.04. The number of aromatic nitrogens is 2. The molecular weight excluding hydrogens is 272 g/mol. The fourth-order valence-electron chi connectivity index (χ4n) is 1.64. The highest BCUT2D eigenvalue weighted by molar-refractivity contribution is 7.99. The van der Waals surface area contributed by atoms with Gasteiger partial charge in [-0.05, 0) is 19.9 Å². The Labute approximate surface area is 122 Å². The van der Waals surface area contributed by atoms with Crippen molar-refractivity contribution in [3.63, 3.8) is 0 Å². The minimum atomic E-state index is -0.261. The van der Waals surface area contributed by atoms with Crippen molar-refractivity contribution in [2.75, 3.05) is 12.9 Å². The molecule has 104 valence electrons. The van der Waals surface area contributed by atoms with Crippen LogP contribution in [0, 0.1) is 13.8 Å². The van der Waals surface area contributed by atoms with Gasteiger partial charge in [0.25, 0.3) is 0 Å². The fourth-order valence-corrected chi connectivity index (χ4v) is 2.43. The molecule has 0 saturated heterocycles. The van der Waals surface area contributed by atoms with Crippen LogP contribution in [0.15, 0.2) is 35.4 Å². The van der Waals surface area contributed by atoms with Crippen molar-refractivity contribution in [1.82, 2.24) is 9.97 Å². The van der Waals surface area contributed by atoms with Gasteiger partial charge in [-0.1, -0.05) is 41.6 Å². The molecule has 0 atom stereocenters. The zero-order valence-corrected chi connectivity index (χ0v) is 12.5. The first-order valence-electron chi connectivity index (χ1n) is 6.21. The van der Waals surface area contributed by atoms with Gasteiger partial charge in [-0.15, -0.1) is 0 Å². The summed E-state index contributed by atoms with van der Waals surface area (Å²) in [6.07, 6.45) is 0. The molecule has 0 spiro atoms. The molecule has 1 aromatic heterocycles. The second kappa shape index (κ2) is 6.52. The molecule has 1 aromatic carbocycles. The fraction of sp³-hybridized carbons (Fsp3) is 0.267. The largest absolute Gasteiger partial charge is 0.468 e. The summed E-state index contributed by atoms with van der Waals surface area (Å²) in [5.74, 6) is 0.667. The highest BCUT2D eigenvalue weighted by Crippen LogP contribution is 2.22. The minimum absolute atomic E-state index is 0.250. The normalized spacial score (nSPS) is 10.3. The third kappa shape index (κ3) is 3.81. The lowest BCUT2D eigenvalue weighted by Gasteiger charge is -2.06. The van der Waals surface area contributed by atoms with Gasteiger partial charge in [0.05, 0.1) is 12.9 Å². The Balaban J connectivity index is 2.24. The quantitative estimate of drug-likeness (QED) is 0.492. The minimum Gasteiger partial charge on any atom is -0.468 e. The number of aryl methyl sites for hydroxylation is 2. The van der Waals surface area contributed by atoms with Crippen LogP contribution in [-0.2, 0) is 9.53 Å². The number of carbonyl (C=O) groups is 1. The second-order valence-corrected chi connectivity index (χ2v) is 5.40. The number of thioether (sulfide) groups is 1. The molecule has 1 heterocycles. The maximum atomic E-state index is 11.2. The number of nitrogens with zero attached hydrogens (tertiary/aromatic N) is 2. The summed E-state index contributed by atoms with van der Waals surface area (Å²) in [6, 6.07) is 9.92. The Morgan fingerprint density at radius 1 is 1.20 bits per heavy atom. The highest BCUT2D eigenvalue weighted by atomic mass is 32.2. The molecule has 2 rings (SSSR count). The van der Waals surface area contributed by atoms with Crippen LogP contribution in [0.5, 0.6) is 0 Å². The molecule has 0 N–H and O–H groups in total. The molecule has 0 saturated carbocycles. The van der Waals surface area contributed by atoms with Gasteiger partial charge in [0.1, 0.15) is 5.03 Å². The first-order valence-corrected chi connectivity index (χ1v) is 7.19. The predicted molar refractivity (Wildman–Crippen MR) is 79.7 cm³/mol. The number of methoxy groups -OCH3 is 1. The Morgan fingerprint density at radius 2 is 1.90 bits per heavy atom. The predicted octanol–water partition coefficient (Wildman–Crippen LogP) is 3.03. The van der Waals surface area contributed by atoms with Gasteiger partial charge in [0.15, 0.2) is 5.82 Å². The molecule has 0 unspecified atom stereocenters. The summed E-state index contributed by atoms with van der Waals surface area (Å²) >= 11 is 1.35. The molecule has 0 bridgehead atoms. The van der Waals surface area contributed by atoms with Gasteiger partial charge in [0.2, 0.25) is 0 Å². The smallest absolute Gasteiger partial charge is 0.316 e. The molecule has 0 aliphatic carbocycles. The average molecular weight is 288 g/mol. The first-order chi connectivity index (χ1) is 9.58. The molecule has 2 aromatic rings. The maximum Gasteiger partial charge on any atom is 0.316 e. The van der Waals surface area contributed by atoms with Crippen molar-refractivity contribution in [3.8, 4) is 11.4 Å². The van der Waals surface area contributed by atoms with Crippen molar-refractivity contribution in [3.05, 3.63) is 41.6 Å². The van der Waals surface area contributed by atoms with Crippen molar-refractivity contribution in [1.29, 1.82) is 0 Å². The van der Waals surface area contributed by atoms with Gasteiger partial charge in [-0.3, -0.25) is 4.79 Å². The zero-order valence-electron chi connectivity index (χ0n) is 11.7. The first kappa shape index (κ1) is 14.5. The molecule has 5 heteroatoms. The number of benzene rings is 1. The number of carbonyl (C=O) groups excluding carboxylic acids is 1. The van der Waals surface area contributed by atoms with E-state index in [2.05, 4.69) is 14.7 Å². The third-order valence-corrected chi connectivity index (χ3v) is 3.59. The van der Waals surface area contributed by atoms with Crippen LogP contribution in [0.4, 0.5) is 0 Å². The topological polar surface area (TPSA) is 52.1 Å². The molecule has 0 amide bonds. The number of hydrogen-bond donors (Lipinski definition) is 0. The highest BCUT2D eigenvalue weighted by Gasteiger charge is 2.08. The molecule has 0 radical (unpaired) electrons. The lowest BCUT2D eigenvalue weighted by atomic mass is 10.1. The molecule has 0 aliphatic rings. The van der Waals surface area contributed by atoms with Gasteiger partial charge in [-0.2, -0.15) is 0 Å². The van der Waals surface area contributed by atoms with E-state index >= 15 is 0 Å². The summed E-state index contributed by atoms with van der Waals surface area (Å²) in [5, 5.41) is 0.776. The van der Waals surface area contributed by atoms with Crippen LogP contribution in [0.25, 0.3) is 11.4 Å². The molecule has 4 nitrogen and oxygen atoms in total. The van der Waals surface area contributed by atoms with Crippen molar-refractivity contribution >= 4 is 17.7 Å². The van der Waals surface area contributed by atoms with E-state index in [1.807, 2.05) is 44.2 Å². The van der Waals surface area contributed by atoms with Crippen LogP contribution in [0.1, 0.15) is 11.3 Å². The monoisotopic (exact) mass is 288 g/mol. The SMILES string of the molecule is COC(=O)CSc1cc(C)nc(-c2ccc(C)cc2)n1. The number of hydrogen-bond acceptors (Lipinski definition) is 5. The van der Waals surface area contributed by atoms with Gasteiger partial charge in [-0.25, -0.2) is 9.97 Å². The van der Waals surface area contributed by atoms with Gasteiger partial charge in [0, 0.05) is 11.3 Å². The lowest BCUT2D eigenvalue weighted by molar-refractivity contribution is -0.137. The van der Waals surface area contributed by atoms with Crippen molar-refractivity contribution in [2.45, 2.75) is 18.9 Å². The Kier molecular flexibility index (Phi) is 4.74. The van der Waals surface area contributed by atoms with Crippen LogP contribution < -0.4 is 0 Å². The Morgan fingerprint density at radius 3 is 2.55 bits per heavy atom. The van der Waals surface area contributed by atoms with Crippen LogP contribution in [0.3, 0.4) is 0 Å². The third-order valence-electron chi connectivity index (χ3n) is 2.71. The van der Waals surface area contributed by atoms with Crippen LogP contribution in [-0.4, -0.2) is 28.8 Å². The molecule has 20 heavy (non-hydrogen) atoms. The van der Waals surface area contributed by atoms with Crippen LogP contribution in [0.2, 0.25) is 0 Å². The summed E-state index contributed by atoms with van der Waals surface area (Å²) in [7, 11) is 1.38. The van der Waals surface area contributed by atoms with E-state index in [1.54, 1.807) is 0 Å². The van der Waals surface area contributed by atoms with Crippen molar-refractivity contribution in [2.24, 2.45) is 0 Å². The van der Waals surface area contributed by atoms with E-state index < -0.39 is 0 Å². The number of rotatable bonds is 4. The molecule has 0 aliphatic heterocycles. The zero-order chi connectivity index (χ0) is 14.5. The van der Waals surface area contributed by atoms with Crippen molar-refractivity contribution < 1.29 is 9.53 Å². The van der Waals surface area contributed by atoms with E-state index in [0.29, 0.717) is 5.82 Å². The summed E-state index contributed by atoms with van der Waals surface area (Å²) in [5.41, 5.74) is 3.05. The summed E-state index contributed by atoms with van der Waals surface area (Å²) in [6.45, 7) is 3.96. The molecular formula is C15H16N2O2S. The standard InChI is InChI=1S/C15H16N2O2S/c1-10-4-6-12(7-5-10)15-16-11(2)8-13(17-15)20-9-14(18)19-3/h4-8H,9H2,1-3H3. The van der Waals surface area contributed by atoms with E-state index in [9.17, 15) is 4.79 Å². The summed E-state index contributed by atoms with van der Waals surface area (Å²) in [4.78, 5) is 20.1. The van der Waals surface area contributed by atoms with Crippen LogP contribution >= 0.6 is 11.8 Å². The average Bonchev–Trinajstić information content (AvgIpc) is 2.45. The van der Waals surface area contributed by atoms with Gasteiger partial charge < -0.3 is 4.74 Å².